The van der Waals surface area contributed by atoms with E-state index >= 15 is 0 Å². The van der Waals surface area contributed by atoms with Gasteiger partial charge in [0.05, 0.1) is 6.04 Å². The van der Waals surface area contributed by atoms with E-state index in [1.807, 2.05) is 11.9 Å². The molecule has 0 aliphatic carbocycles. The van der Waals surface area contributed by atoms with E-state index < -0.39 is 0 Å². The minimum absolute atomic E-state index is 0.0352. The summed E-state index contributed by atoms with van der Waals surface area (Å²) in [4.78, 5) is 13.9. The van der Waals surface area contributed by atoms with E-state index in [4.69, 9.17) is 0 Å². The molecule has 3 nitrogen and oxygen atoms in total. The van der Waals surface area contributed by atoms with Crippen LogP contribution in [0.3, 0.4) is 0 Å². The van der Waals surface area contributed by atoms with Crippen LogP contribution in [0, 0.1) is 5.82 Å². The topological polar surface area (TPSA) is 32.3 Å². The van der Waals surface area contributed by atoms with Crippen molar-refractivity contribution >= 4 is 5.91 Å². The van der Waals surface area contributed by atoms with Crippen LogP contribution >= 0.6 is 0 Å². The Morgan fingerprint density at radius 2 is 2.11 bits per heavy atom. The van der Waals surface area contributed by atoms with E-state index in [1.165, 1.54) is 12.1 Å². The molecule has 1 unspecified atom stereocenters. The number of nitrogens with one attached hydrogen (secondary N) is 1. The molecule has 1 fully saturated rings. The Morgan fingerprint density at radius 3 is 2.78 bits per heavy atom. The first-order valence-electron chi connectivity index (χ1n) is 6.41. The summed E-state index contributed by atoms with van der Waals surface area (Å²) in [6.07, 6.45) is 2.74. The molecule has 0 radical (unpaired) electrons. The van der Waals surface area contributed by atoms with Crippen LogP contribution in [0.2, 0.25) is 0 Å². The highest BCUT2D eigenvalue weighted by atomic mass is 19.1. The Bertz CT molecular complexity index is 405. The first-order valence-corrected chi connectivity index (χ1v) is 6.41. The summed E-state index contributed by atoms with van der Waals surface area (Å²) in [5.41, 5.74) is 1.07. The van der Waals surface area contributed by atoms with Crippen molar-refractivity contribution < 1.29 is 9.18 Å². The lowest BCUT2D eigenvalue weighted by molar-refractivity contribution is -0.135. The number of halogens is 1. The lowest BCUT2D eigenvalue weighted by Gasteiger charge is -2.32. The van der Waals surface area contributed by atoms with Crippen LogP contribution in [0.1, 0.15) is 18.4 Å². The lowest BCUT2D eigenvalue weighted by Crippen LogP contribution is -2.50. The molecule has 1 atom stereocenters. The predicted octanol–water partition coefficient (Wildman–Crippen LogP) is 1.58. The lowest BCUT2D eigenvalue weighted by atomic mass is 10.0. The quantitative estimate of drug-likeness (QED) is 0.880. The number of piperidine rings is 1. The van der Waals surface area contributed by atoms with Gasteiger partial charge in [0.1, 0.15) is 5.82 Å². The maximum Gasteiger partial charge on any atom is 0.239 e. The highest BCUT2D eigenvalue weighted by molar-refractivity contribution is 5.82. The molecule has 1 aromatic carbocycles. The molecule has 0 bridgehead atoms. The van der Waals surface area contributed by atoms with Gasteiger partial charge in [-0.3, -0.25) is 4.79 Å². The van der Waals surface area contributed by atoms with Crippen molar-refractivity contribution in [3.8, 4) is 0 Å². The fourth-order valence-corrected chi connectivity index (χ4v) is 2.35. The molecule has 98 valence electrons. The predicted molar refractivity (Wildman–Crippen MR) is 68.8 cm³/mol. The molecule has 0 spiro atoms. The Balaban J connectivity index is 1.89. The first-order chi connectivity index (χ1) is 8.70. The van der Waals surface area contributed by atoms with Crippen LogP contribution in [0.25, 0.3) is 0 Å². The van der Waals surface area contributed by atoms with Gasteiger partial charge in [-0.2, -0.15) is 0 Å². The summed E-state index contributed by atoms with van der Waals surface area (Å²) >= 11 is 0. The molecule has 2 rings (SSSR count). The zero-order valence-electron chi connectivity index (χ0n) is 10.7. The summed E-state index contributed by atoms with van der Waals surface area (Å²) in [5, 5.41) is 3.05. The van der Waals surface area contributed by atoms with Crippen molar-refractivity contribution in [1.82, 2.24) is 10.2 Å². The number of rotatable bonds is 4. The van der Waals surface area contributed by atoms with Crippen LogP contribution < -0.4 is 5.32 Å². The van der Waals surface area contributed by atoms with Crippen LogP contribution in [0.5, 0.6) is 0 Å². The summed E-state index contributed by atoms with van der Waals surface area (Å²) < 4.78 is 12.8. The number of carbonyl (C=O) groups excluding carboxylic acids is 1. The van der Waals surface area contributed by atoms with Gasteiger partial charge in [0.2, 0.25) is 5.91 Å². The fraction of sp³-hybridized carbons (Fsp3) is 0.500. The normalized spacial score (nSPS) is 20.2. The first kappa shape index (κ1) is 13.0. The van der Waals surface area contributed by atoms with Crippen molar-refractivity contribution in [3.63, 3.8) is 0 Å². The molecule has 1 aliphatic rings. The molecule has 1 heterocycles. The van der Waals surface area contributed by atoms with E-state index in [1.54, 1.807) is 12.1 Å². The molecular formula is C14H19FN2O. The molecule has 1 aromatic rings. The Hall–Kier alpha value is -1.42. The van der Waals surface area contributed by atoms with Crippen molar-refractivity contribution in [1.29, 1.82) is 0 Å². The minimum Gasteiger partial charge on any atom is -0.341 e. The molecule has 4 heteroatoms. The number of amides is 1. The molecule has 1 saturated heterocycles. The second-order valence-corrected chi connectivity index (χ2v) is 4.69. The molecule has 1 aliphatic heterocycles. The third-order valence-corrected chi connectivity index (χ3v) is 3.46. The Morgan fingerprint density at radius 1 is 1.39 bits per heavy atom. The number of hydrogen-bond donors (Lipinski definition) is 1. The van der Waals surface area contributed by atoms with Crippen molar-refractivity contribution in [2.24, 2.45) is 0 Å². The number of hydrogen-bond acceptors (Lipinski definition) is 2. The maximum atomic E-state index is 12.8. The van der Waals surface area contributed by atoms with Gasteiger partial charge in [0.15, 0.2) is 0 Å². The molecule has 18 heavy (non-hydrogen) atoms. The van der Waals surface area contributed by atoms with Gasteiger partial charge in [0.25, 0.3) is 0 Å². The maximum absolute atomic E-state index is 12.8. The van der Waals surface area contributed by atoms with Crippen LogP contribution in [0.15, 0.2) is 24.3 Å². The van der Waals surface area contributed by atoms with Crippen molar-refractivity contribution in [2.45, 2.75) is 25.3 Å². The van der Waals surface area contributed by atoms with Gasteiger partial charge < -0.3 is 10.2 Å². The Labute approximate surface area is 107 Å². The van der Waals surface area contributed by atoms with E-state index in [2.05, 4.69) is 5.32 Å². The summed E-state index contributed by atoms with van der Waals surface area (Å²) in [5.74, 6) is -0.0334. The minimum atomic E-state index is -0.219. The highest BCUT2D eigenvalue weighted by Crippen LogP contribution is 2.12. The van der Waals surface area contributed by atoms with E-state index in [-0.39, 0.29) is 17.8 Å². The van der Waals surface area contributed by atoms with E-state index in [9.17, 15) is 9.18 Å². The second-order valence-electron chi connectivity index (χ2n) is 4.69. The third-order valence-electron chi connectivity index (χ3n) is 3.46. The van der Waals surface area contributed by atoms with Gasteiger partial charge in [-0.25, -0.2) is 4.39 Å². The molecule has 1 amide bonds. The van der Waals surface area contributed by atoms with Crippen LogP contribution in [-0.4, -0.2) is 37.0 Å². The van der Waals surface area contributed by atoms with Crippen molar-refractivity contribution in [2.75, 3.05) is 20.1 Å². The van der Waals surface area contributed by atoms with E-state index in [0.29, 0.717) is 6.54 Å². The number of nitrogens with zero attached hydrogens (tertiary/aromatic N) is 1. The van der Waals surface area contributed by atoms with Gasteiger partial charge in [-0.15, -0.1) is 0 Å². The SMILES string of the molecule is CNC1CCCN(CCc2ccc(F)cc2)C1=O. The molecule has 1 N–H and O–H groups in total. The summed E-state index contributed by atoms with van der Waals surface area (Å²) in [6, 6.07) is 6.44. The zero-order chi connectivity index (χ0) is 13.0. The number of likely N-dealkylation sites (tertiary alicyclic amines) is 1. The van der Waals surface area contributed by atoms with Gasteiger partial charge in [0, 0.05) is 13.1 Å². The molecule has 0 saturated carbocycles. The largest absolute Gasteiger partial charge is 0.341 e. The van der Waals surface area contributed by atoms with Crippen LogP contribution in [-0.2, 0) is 11.2 Å². The number of carbonyl (C=O) groups is 1. The van der Waals surface area contributed by atoms with Crippen molar-refractivity contribution in [3.05, 3.63) is 35.6 Å². The highest BCUT2D eigenvalue weighted by Gasteiger charge is 2.26. The summed E-state index contributed by atoms with van der Waals surface area (Å²) in [7, 11) is 1.83. The third kappa shape index (κ3) is 3.07. The van der Waals surface area contributed by atoms with E-state index in [0.717, 1.165) is 31.4 Å². The standard InChI is InChI=1S/C14H19FN2O/c1-16-13-3-2-9-17(14(13)18)10-8-11-4-6-12(15)7-5-11/h4-7,13,16H,2-3,8-10H2,1H3. The molecule has 0 aromatic heterocycles. The fourth-order valence-electron chi connectivity index (χ4n) is 2.35. The number of benzene rings is 1. The monoisotopic (exact) mass is 250 g/mol. The number of likely N-dealkylation sites (N-methyl/N-ethyl adjacent to an activating group) is 1. The van der Waals surface area contributed by atoms with Gasteiger partial charge in [-0.1, -0.05) is 12.1 Å². The zero-order valence-corrected chi connectivity index (χ0v) is 10.7. The van der Waals surface area contributed by atoms with Gasteiger partial charge in [-0.05, 0) is 44.0 Å². The summed E-state index contributed by atoms with van der Waals surface area (Å²) in [6.45, 7) is 1.54. The second kappa shape index (κ2) is 5.96. The average Bonchev–Trinajstić information content (AvgIpc) is 2.39. The average molecular weight is 250 g/mol. The van der Waals surface area contributed by atoms with Gasteiger partial charge >= 0.3 is 0 Å². The Kier molecular flexibility index (Phi) is 4.31. The smallest absolute Gasteiger partial charge is 0.239 e. The van der Waals surface area contributed by atoms with Crippen LogP contribution in [0.4, 0.5) is 4.39 Å². The molecular weight excluding hydrogens is 231 g/mol.